The SMILES string of the molecule is C[C@H]1CCC[C@@H]2C=CC[C@H](C=O)[C@H]12. The van der Waals surface area contributed by atoms with Gasteiger partial charge < -0.3 is 4.79 Å². The smallest absolute Gasteiger partial charge is 0.123 e. The van der Waals surface area contributed by atoms with Gasteiger partial charge in [0, 0.05) is 5.92 Å². The fourth-order valence-corrected chi connectivity index (χ4v) is 3.16. The van der Waals surface area contributed by atoms with E-state index in [1.54, 1.807) is 0 Å². The maximum absolute atomic E-state index is 10.9. The largest absolute Gasteiger partial charge is 0.303 e. The minimum Gasteiger partial charge on any atom is -0.303 e. The van der Waals surface area contributed by atoms with Gasteiger partial charge in [-0.2, -0.15) is 0 Å². The van der Waals surface area contributed by atoms with Crippen LogP contribution in [0.2, 0.25) is 0 Å². The van der Waals surface area contributed by atoms with Crippen molar-refractivity contribution in [2.75, 3.05) is 0 Å². The molecule has 0 heterocycles. The second-order valence-electron chi connectivity index (χ2n) is 4.61. The monoisotopic (exact) mass is 178 g/mol. The first-order chi connectivity index (χ1) is 6.33. The average Bonchev–Trinajstić information content (AvgIpc) is 2.17. The molecule has 1 fully saturated rings. The second-order valence-corrected chi connectivity index (χ2v) is 4.61. The summed E-state index contributed by atoms with van der Waals surface area (Å²) in [6.07, 6.45) is 10.7. The Labute approximate surface area is 80.2 Å². The van der Waals surface area contributed by atoms with E-state index in [1.165, 1.54) is 25.5 Å². The van der Waals surface area contributed by atoms with E-state index in [0.29, 0.717) is 17.8 Å². The summed E-state index contributed by atoms with van der Waals surface area (Å²) < 4.78 is 0. The number of carbonyl (C=O) groups excluding carboxylic acids is 1. The molecule has 0 spiro atoms. The molecule has 0 amide bonds. The van der Waals surface area contributed by atoms with Gasteiger partial charge in [0.2, 0.25) is 0 Å². The van der Waals surface area contributed by atoms with Crippen LogP contribution in [0.4, 0.5) is 0 Å². The molecule has 72 valence electrons. The molecule has 4 atom stereocenters. The molecule has 0 aromatic rings. The Morgan fingerprint density at radius 3 is 3.00 bits per heavy atom. The van der Waals surface area contributed by atoms with Gasteiger partial charge in [-0.3, -0.25) is 0 Å². The molecule has 1 saturated carbocycles. The Bertz CT molecular complexity index is 219. The number of rotatable bonds is 1. The van der Waals surface area contributed by atoms with Crippen molar-refractivity contribution in [3.05, 3.63) is 12.2 Å². The number of hydrogen-bond donors (Lipinski definition) is 0. The van der Waals surface area contributed by atoms with Crippen molar-refractivity contribution in [3.63, 3.8) is 0 Å². The van der Waals surface area contributed by atoms with Gasteiger partial charge in [0.1, 0.15) is 6.29 Å². The van der Waals surface area contributed by atoms with Gasteiger partial charge in [0.25, 0.3) is 0 Å². The molecule has 1 heteroatoms. The summed E-state index contributed by atoms with van der Waals surface area (Å²) in [4.78, 5) is 10.9. The van der Waals surface area contributed by atoms with Gasteiger partial charge >= 0.3 is 0 Å². The first-order valence-corrected chi connectivity index (χ1v) is 5.45. The fourth-order valence-electron chi connectivity index (χ4n) is 3.16. The fraction of sp³-hybridized carbons (Fsp3) is 0.750. The highest BCUT2D eigenvalue weighted by Gasteiger charge is 2.36. The number of hydrogen-bond acceptors (Lipinski definition) is 1. The maximum Gasteiger partial charge on any atom is 0.123 e. The third-order valence-corrected chi connectivity index (χ3v) is 3.81. The highest BCUT2D eigenvalue weighted by Crippen LogP contribution is 2.43. The van der Waals surface area contributed by atoms with Crippen molar-refractivity contribution in [1.82, 2.24) is 0 Å². The number of carbonyl (C=O) groups is 1. The van der Waals surface area contributed by atoms with E-state index in [2.05, 4.69) is 19.1 Å². The summed E-state index contributed by atoms with van der Waals surface area (Å²) in [7, 11) is 0. The lowest BCUT2D eigenvalue weighted by atomic mass is 9.64. The number of aldehydes is 1. The van der Waals surface area contributed by atoms with E-state index >= 15 is 0 Å². The van der Waals surface area contributed by atoms with Gasteiger partial charge in [-0.1, -0.05) is 31.9 Å². The minimum atomic E-state index is 0.310. The lowest BCUT2D eigenvalue weighted by Crippen LogP contribution is -2.34. The lowest BCUT2D eigenvalue weighted by molar-refractivity contribution is -0.114. The van der Waals surface area contributed by atoms with E-state index in [0.717, 1.165) is 12.3 Å². The van der Waals surface area contributed by atoms with Crippen LogP contribution in [0, 0.1) is 23.7 Å². The molecule has 0 aromatic carbocycles. The molecule has 0 N–H and O–H groups in total. The topological polar surface area (TPSA) is 17.1 Å². The highest BCUT2D eigenvalue weighted by molar-refractivity contribution is 5.55. The van der Waals surface area contributed by atoms with E-state index in [4.69, 9.17) is 0 Å². The summed E-state index contributed by atoms with van der Waals surface area (Å²) in [6.45, 7) is 2.31. The van der Waals surface area contributed by atoms with Crippen LogP contribution in [-0.4, -0.2) is 6.29 Å². The Balaban J connectivity index is 2.18. The van der Waals surface area contributed by atoms with E-state index in [-0.39, 0.29) is 0 Å². The predicted molar refractivity (Wildman–Crippen MR) is 53.3 cm³/mol. The molecule has 13 heavy (non-hydrogen) atoms. The Kier molecular flexibility index (Phi) is 2.52. The standard InChI is InChI=1S/C12H18O/c1-9-4-2-5-10-6-3-7-11(8-13)12(9)10/h3,6,8-12H,2,4-5,7H2,1H3/t9-,10+,11+,12+/m0/s1. The molecular formula is C12H18O. The van der Waals surface area contributed by atoms with Crippen LogP contribution in [-0.2, 0) is 4.79 Å². The molecule has 2 rings (SSSR count). The van der Waals surface area contributed by atoms with E-state index in [9.17, 15) is 4.79 Å². The zero-order valence-electron chi connectivity index (χ0n) is 8.28. The molecule has 2 aliphatic rings. The highest BCUT2D eigenvalue weighted by atomic mass is 16.1. The van der Waals surface area contributed by atoms with E-state index < -0.39 is 0 Å². The summed E-state index contributed by atoms with van der Waals surface area (Å²) in [5.41, 5.74) is 0. The molecule has 0 unspecified atom stereocenters. The Morgan fingerprint density at radius 1 is 1.38 bits per heavy atom. The zero-order chi connectivity index (χ0) is 9.26. The predicted octanol–water partition coefficient (Wildman–Crippen LogP) is 2.81. The quantitative estimate of drug-likeness (QED) is 0.446. The van der Waals surface area contributed by atoms with Crippen molar-refractivity contribution in [3.8, 4) is 0 Å². The second kappa shape index (κ2) is 3.65. The van der Waals surface area contributed by atoms with Crippen LogP contribution in [0.3, 0.4) is 0 Å². The summed E-state index contributed by atoms with van der Waals surface area (Å²) in [6, 6.07) is 0. The Morgan fingerprint density at radius 2 is 2.23 bits per heavy atom. The van der Waals surface area contributed by atoms with Crippen LogP contribution in [0.1, 0.15) is 32.6 Å². The van der Waals surface area contributed by atoms with Gasteiger partial charge in [-0.15, -0.1) is 0 Å². The third-order valence-electron chi connectivity index (χ3n) is 3.81. The first-order valence-electron chi connectivity index (χ1n) is 5.45. The van der Waals surface area contributed by atoms with Crippen LogP contribution in [0.5, 0.6) is 0 Å². The Hall–Kier alpha value is -0.590. The molecular weight excluding hydrogens is 160 g/mol. The van der Waals surface area contributed by atoms with Crippen molar-refractivity contribution in [2.45, 2.75) is 32.6 Å². The first kappa shape index (κ1) is 8.98. The van der Waals surface area contributed by atoms with Crippen LogP contribution in [0.25, 0.3) is 0 Å². The van der Waals surface area contributed by atoms with Crippen molar-refractivity contribution < 1.29 is 4.79 Å². The van der Waals surface area contributed by atoms with Gasteiger partial charge in [-0.25, -0.2) is 0 Å². The third kappa shape index (κ3) is 1.56. The molecule has 0 saturated heterocycles. The van der Waals surface area contributed by atoms with Crippen LogP contribution < -0.4 is 0 Å². The van der Waals surface area contributed by atoms with Crippen LogP contribution >= 0.6 is 0 Å². The maximum atomic E-state index is 10.9. The average molecular weight is 178 g/mol. The molecule has 0 aromatic heterocycles. The van der Waals surface area contributed by atoms with Crippen molar-refractivity contribution in [2.24, 2.45) is 23.7 Å². The van der Waals surface area contributed by atoms with Crippen LogP contribution in [0.15, 0.2) is 12.2 Å². The molecule has 0 bridgehead atoms. The van der Waals surface area contributed by atoms with Gasteiger partial charge in [-0.05, 0) is 30.6 Å². The zero-order valence-corrected chi connectivity index (χ0v) is 8.28. The summed E-state index contributed by atoms with van der Waals surface area (Å²) in [5.74, 6) is 2.41. The van der Waals surface area contributed by atoms with Gasteiger partial charge in [0.05, 0.1) is 0 Å². The van der Waals surface area contributed by atoms with Gasteiger partial charge in [0.15, 0.2) is 0 Å². The van der Waals surface area contributed by atoms with E-state index in [1.807, 2.05) is 0 Å². The minimum absolute atomic E-state index is 0.310. The summed E-state index contributed by atoms with van der Waals surface area (Å²) >= 11 is 0. The lowest BCUT2D eigenvalue weighted by Gasteiger charge is -2.40. The number of allylic oxidation sites excluding steroid dienone is 2. The molecule has 2 aliphatic carbocycles. The summed E-state index contributed by atoms with van der Waals surface area (Å²) in [5, 5.41) is 0. The number of fused-ring (bicyclic) bond motifs is 1. The van der Waals surface area contributed by atoms with Crippen molar-refractivity contribution >= 4 is 6.29 Å². The molecule has 0 aliphatic heterocycles. The molecule has 0 radical (unpaired) electrons. The molecule has 1 nitrogen and oxygen atoms in total. The van der Waals surface area contributed by atoms with Crippen molar-refractivity contribution in [1.29, 1.82) is 0 Å². The normalized spacial score (nSPS) is 44.1.